The molecule has 4 rings (SSSR count). The van der Waals surface area contributed by atoms with Crippen molar-refractivity contribution in [2.75, 3.05) is 39.0 Å². The van der Waals surface area contributed by atoms with Gasteiger partial charge in [-0.05, 0) is 29.8 Å². The predicted octanol–water partition coefficient (Wildman–Crippen LogP) is 2.46. The molecule has 1 aliphatic rings. The number of aromatic nitrogens is 4. The van der Waals surface area contributed by atoms with E-state index in [1.54, 1.807) is 18.5 Å². The second-order valence-electron chi connectivity index (χ2n) is 7.52. The van der Waals surface area contributed by atoms with Gasteiger partial charge < -0.3 is 14.2 Å². The number of hydrogen-bond acceptors (Lipinski definition) is 7. The molecule has 0 atom stereocenters. The van der Waals surface area contributed by atoms with Gasteiger partial charge in [-0.25, -0.2) is 4.39 Å². The molecule has 1 saturated heterocycles. The van der Waals surface area contributed by atoms with Crippen molar-refractivity contribution in [1.82, 2.24) is 29.5 Å². The highest BCUT2D eigenvalue weighted by Crippen LogP contribution is 2.23. The molecule has 1 fully saturated rings. The Labute approximate surface area is 190 Å². The number of rotatable bonds is 7. The molecule has 0 spiro atoms. The summed E-state index contributed by atoms with van der Waals surface area (Å²) in [6.45, 7) is 3.45. The molecular weight excluding hydrogens is 431 g/mol. The van der Waals surface area contributed by atoms with Crippen LogP contribution in [0.25, 0.3) is 11.4 Å². The highest BCUT2D eigenvalue weighted by Gasteiger charge is 2.22. The van der Waals surface area contributed by atoms with E-state index in [0.717, 1.165) is 30.0 Å². The fraction of sp³-hybridized carbons (Fsp3) is 0.364. The van der Waals surface area contributed by atoms with Gasteiger partial charge in [-0.3, -0.25) is 14.7 Å². The van der Waals surface area contributed by atoms with E-state index in [2.05, 4.69) is 20.1 Å². The van der Waals surface area contributed by atoms with Crippen molar-refractivity contribution >= 4 is 17.7 Å². The molecular formula is C22H25FN6O2S. The summed E-state index contributed by atoms with van der Waals surface area (Å²) in [6.07, 6.45) is 3.43. The number of amides is 1. The molecule has 10 heteroatoms. The molecule has 0 radical (unpaired) electrons. The normalized spacial score (nSPS) is 14.5. The van der Waals surface area contributed by atoms with Gasteiger partial charge in [-0.15, -0.1) is 10.2 Å². The van der Waals surface area contributed by atoms with Gasteiger partial charge >= 0.3 is 0 Å². The number of piperazine rings is 1. The summed E-state index contributed by atoms with van der Waals surface area (Å²) in [5.74, 6) is 1.03. The van der Waals surface area contributed by atoms with E-state index in [-0.39, 0.29) is 17.5 Å². The first-order chi connectivity index (χ1) is 15.5. The van der Waals surface area contributed by atoms with Crippen molar-refractivity contribution in [3.63, 3.8) is 0 Å². The third kappa shape index (κ3) is 5.08. The van der Waals surface area contributed by atoms with Crippen LogP contribution in [0.5, 0.6) is 5.75 Å². The summed E-state index contributed by atoms with van der Waals surface area (Å²) in [7, 11) is 3.35. The minimum absolute atomic E-state index is 0.0820. The maximum Gasteiger partial charge on any atom is 0.233 e. The molecule has 32 heavy (non-hydrogen) atoms. The van der Waals surface area contributed by atoms with Crippen molar-refractivity contribution in [2.24, 2.45) is 7.05 Å². The molecule has 0 bridgehead atoms. The second-order valence-corrected chi connectivity index (χ2v) is 8.46. The van der Waals surface area contributed by atoms with Crippen LogP contribution in [-0.2, 0) is 18.4 Å². The minimum Gasteiger partial charge on any atom is -0.494 e. The zero-order chi connectivity index (χ0) is 22.5. The van der Waals surface area contributed by atoms with E-state index in [1.165, 1.54) is 24.9 Å². The van der Waals surface area contributed by atoms with E-state index in [0.29, 0.717) is 30.5 Å². The first-order valence-corrected chi connectivity index (χ1v) is 11.3. The van der Waals surface area contributed by atoms with Crippen molar-refractivity contribution in [3.8, 4) is 17.1 Å². The Morgan fingerprint density at radius 2 is 1.88 bits per heavy atom. The second kappa shape index (κ2) is 10.1. The van der Waals surface area contributed by atoms with E-state index in [9.17, 15) is 9.18 Å². The van der Waals surface area contributed by atoms with E-state index >= 15 is 0 Å². The Hall–Kier alpha value is -2.98. The maximum atomic E-state index is 13.9. The molecule has 0 aliphatic carbocycles. The van der Waals surface area contributed by atoms with Crippen molar-refractivity contribution in [1.29, 1.82) is 0 Å². The highest BCUT2D eigenvalue weighted by atomic mass is 32.2. The Morgan fingerprint density at radius 1 is 1.12 bits per heavy atom. The first kappa shape index (κ1) is 22.2. The lowest BCUT2D eigenvalue weighted by atomic mass is 10.2. The molecule has 1 amide bonds. The Morgan fingerprint density at radius 3 is 2.56 bits per heavy atom. The van der Waals surface area contributed by atoms with Gasteiger partial charge in [0, 0.05) is 57.7 Å². The zero-order valence-corrected chi connectivity index (χ0v) is 18.9. The quantitative estimate of drug-likeness (QED) is 0.506. The summed E-state index contributed by atoms with van der Waals surface area (Å²) in [5.41, 5.74) is 1.83. The van der Waals surface area contributed by atoms with Crippen LogP contribution in [0.3, 0.4) is 0 Å². The standard InChI is InChI=1S/C22H25FN6O2S/c1-27-21(17-5-7-24-8-6-17)25-26-22(27)32-15-20(30)29-11-9-28(10-12-29)14-16-3-4-19(31-2)18(23)13-16/h3-8,13H,9-12,14-15H2,1-2H3. The zero-order valence-electron chi connectivity index (χ0n) is 18.1. The lowest BCUT2D eigenvalue weighted by molar-refractivity contribution is -0.130. The topological polar surface area (TPSA) is 76.4 Å². The number of thioether (sulfide) groups is 1. The fourth-order valence-electron chi connectivity index (χ4n) is 3.63. The van der Waals surface area contributed by atoms with Gasteiger partial charge in [0.25, 0.3) is 0 Å². The molecule has 0 unspecified atom stereocenters. The minimum atomic E-state index is -0.355. The monoisotopic (exact) mass is 456 g/mol. The largest absolute Gasteiger partial charge is 0.494 e. The summed E-state index contributed by atoms with van der Waals surface area (Å²) in [6, 6.07) is 8.78. The SMILES string of the molecule is COc1ccc(CN2CCN(C(=O)CSc3nnc(-c4ccncc4)n3C)CC2)cc1F. The molecule has 0 N–H and O–H groups in total. The number of carbonyl (C=O) groups excluding carboxylic acids is 1. The van der Waals surface area contributed by atoms with Crippen LogP contribution in [0.15, 0.2) is 47.9 Å². The average molecular weight is 457 g/mol. The average Bonchev–Trinajstić information content (AvgIpc) is 3.19. The van der Waals surface area contributed by atoms with Crippen LogP contribution in [0, 0.1) is 5.82 Å². The lowest BCUT2D eigenvalue weighted by Crippen LogP contribution is -2.48. The molecule has 3 heterocycles. The molecule has 1 aromatic carbocycles. The highest BCUT2D eigenvalue weighted by molar-refractivity contribution is 7.99. The van der Waals surface area contributed by atoms with Gasteiger partial charge in [0.15, 0.2) is 22.5 Å². The maximum absolute atomic E-state index is 13.9. The number of ether oxygens (including phenoxy) is 1. The Balaban J connectivity index is 1.26. The number of methoxy groups -OCH3 is 1. The Bertz CT molecular complexity index is 1070. The van der Waals surface area contributed by atoms with Gasteiger partial charge in [-0.2, -0.15) is 0 Å². The summed E-state index contributed by atoms with van der Waals surface area (Å²) in [5, 5.41) is 9.17. The van der Waals surface area contributed by atoms with Gasteiger partial charge in [0.1, 0.15) is 0 Å². The van der Waals surface area contributed by atoms with Crippen LogP contribution >= 0.6 is 11.8 Å². The van der Waals surface area contributed by atoms with Gasteiger partial charge in [0.05, 0.1) is 12.9 Å². The van der Waals surface area contributed by atoms with Crippen molar-refractivity contribution in [2.45, 2.75) is 11.7 Å². The number of hydrogen-bond donors (Lipinski definition) is 0. The van der Waals surface area contributed by atoms with Crippen LogP contribution in [-0.4, -0.2) is 74.5 Å². The van der Waals surface area contributed by atoms with Crippen molar-refractivity contribution < 1.29 is 13.9 Å². The summed E-state index contributed by atoms with van der Waals surface area (Å²) in [4.78, 5) is 20.8. The fourth-order valence-corrected chi connectivity index (χ4v) is 4.45. The van der Waals surface area contributed by atoms with Gasteiger partial charge in [0.2, 0.25) is 5.91 Å². The molecule has 8 nitrogen and oxygen atoms in total. The lowest BCUT2D eigenvalue weighted by Gasteiger charge is -2.34. The molecule has 1 aliphatic heterocycles. The summed E-state index contributed by atoms with van der Waals surface area (Å²) < 4.78 is 20.8. The first-order valence-electron chi connectivity index (χ1n) is 10.3. The smallest absolute Gasteiger partial charge is 0.233 e. The van der Waals surface area contributed by atoms with Crippen LogP contribution in [0.4, 0.5) is 4.39 Å². The van der Waals surface area contributed by atoms with Crippen LogP contribution < -0.4 is 4.74 Å². The number of carbonyl (C=O) groups is 1. The molecule has 168 valence electrons. The number of pyridine rings is 1. The van der Waals surface area contributed by atoms with Gasteiger partial charge in [-0.1, -0.05) is 17.8 Å². The molecule has 2 aromatic heterocycles. The number of halogens is 1. The Kier molecular flexibility index (Phi) is 7.01. The van der Waals surface area contributed by atoms with Crippen LogP contribution in [0.2, 0.25) is 0 Å². The van der Waals surface area contributed by atoms with E-state index < -0.39 is 0 Å². The van der Waals surface area contributed by atoms with Crippen molar-refractivity contribution in [3.05, 3.63) is 54.1 Å². The third-order valence-corrected chi connectivity index (χ3v) is 6.45. The number of benzene rings is 1. The van der Waals surface area contributed by atoms with Crippen LogP contribution in [0.1, 0.15) is 5.56 Å². The van der Waals surface area contributed by atoms with E-state index in [1.807, 2.05) is 34.7 Å². The predicted molar refractivity (Wildman–Crippen MR) is 120 cm³/mol. The third-order valence-electron chi connectivity index (χ3n) is 5.45. The number of nitrogens with zero attached hydrogens (tertiary/aromatic N) is 6. The molecule has 0 saturated carbocycles. The van der Waals surface area contributed by atoms with E-state index in [4.69, 9.17) is 4.74 Å². The summed E-state index contributed by atoms with van der Waals surface area (Å²) >= 11 is 1.39. The molecule has 3 aromatic rings.